The van der Waals surface area contributed by atoms with Gasteiger partial charge in [-0.2, -0.15) is 5.10 Å². The molecule has 2 N–H and O–H groups in total. The predicted molar refractivity (Wildman–Crippen MR) is 88.1 cm³/mol. The van der Waals surface area contributed by atoms with Gasteiger partial charge in [0.25, 0.3) is 0 Å². The predicted octanol–water partition coefficient (Wildman–Crippen LogP) is 3.50. The number of hydrogen-bond acceptors (Lipinski definition) is 4. The number of urea groups is 1. The Balaban J connectivity index is 1.64. The fourth-order valence-corrected chi connectivity index (χ4v) is 2.62. The monoisotopic (exact) mass is 313 g/mol. The van der Waals surface area contributed by atoms with Crippen molar-refractivity contribution in [3.8, 4) is 11.3 Å². The van der Waals surface area contributed by atoms with Crippen LogP contribution in [0.15, 0.2) is 42.0 Å². The van der Waals surface area contributed by atoms with Gasteiger partial charge in [-0.1, -0.05) is 12.1 Å². The molecule has 0 spiro atoms. The van der Waals surface area contributed by atoms with Gasteiger partial charge < -0.3 is 10.6 Å². The number of amides is 2. The number of thiazole rings is 1. The zero-order valence-electron chi connectivity index (χ0n) is 12.2. The third kappa shape index (κ3) is 3.32. The molecule has 0 atom stereocenters. The molecule has 0 aliphatic rings. The van der Waals surface area contributed by atoms with Crippen LogP contribution in [0.4, 0.5) is 16.2 Å². The highest BCUT2D eigenvalue weighted by Gasteiger charge is 2.05. The number of carbonyl (C=O) groups excluding carboxylic acids is 1. The van der Waals surface area contributed by atoms with Gasteiger partial charge in [0, 0.05) is 29.9 Å². The number of anilines is 2. The number of hydrogen-bond donors (Lipinski definition) is 2. The third-order valence-corrected chi connectivity index (χ3v) is 3.79. The van der Waals surface area contributed by atoms with E-state index in [1.165, 1.54) is 0 Å². The van der Waals surface area contributed by atoms with E-state index in [1.54, 1.807) is 35.5 Å². The molecular weight excluding hydrogens is 298 g/mol. The molecule has 0 fully saturated rings. The van der Waals surface area contributed by atoms with Crippen LogP contribution in [-0.4, -0.2) is 20.8 Å². The van der Waals surface area contributed by atoms with E-state index in [-0.39, 0.29) is 6.03 Å². The van der Waals surface area contributed by atoms with Gasteiger partial charge in [0.2, 0.25) is 0 Å². The third-order valence-electron chi connectivity index (χ3n) is 3.02. The smallest absolute Gasteiger partial charge is 0.308 e. The van der Waals surface area contributed by atoms with Crippen LogP contribution in [0.3, 0.4) is 0 Å². The molecule has 112 valence electrons. The van der Waals surface area contributed by atoms with E-state index in [0.717, 1.165) is 22.0 Å². The van der Waals surface area contributed by atoms with Crippen LogP contribution in [0.25, 0.3) is 11.3 Å². The summed E-state index contributed by atoms with van der Waals surface area (Å²) in [5.41, 5.74) is 3.35. The van der Waals surface area contributed by atoms with Crippen LogP contribution >= 0.6 is 11.3 Å². The summed E-state index contributed by atoms with van der Waals surface area (Å²) < 4.78 is 1.63. The number of aryl methyl sites for hydroxylation is 2. The number of nitrogens with zero attached hydrogens (tertiary/aromatic N) is 3. The first-order valence-corrected chi connectivity index (χ1v) is 7.57. The zero-order chi connectivity index (χ0) is 15.5. The molecule has 3 aromatic rings. The summed E-state index contributed by atoms with van der Waals surface area (Å²) >= 11 is 1.62. The summed E-state index contributed by atoms with van der Waals surface area (Å²) in [7, 11) is 1.79. The Hall–Kier alpha value is -2.67. The zero-order valence-corrected chi connectivity index (χ0v) is 13.0. The minimum atomic E-state index is -0.301. The summed E-state index contributed by atoms with van der Waals surface area (Å²) in [6.45, 7) is 1.98. The normalized spacial score (nSPS) is 10.5. The summed E-state index contributed by atoms with van der Waals surface area (Å²) in [6.07, 6.45) is 3.32. The quantitative estimate of drug-likeness (QED) is 0.777. The number of carbonyl (C=O) groups is 1. The maximum atomic E-state index is 11.9. The lowest BCUT2D eigenvalue weighted by Gasteiger charge is -2.06. The molecule has 22 heavy (non-hydrogen) atoms. The summed E-state index contributed by atoms with van der Waals surface area (Å²) in [5.74, 6) is 0. The van der Waals surface area contributed by atoms with Crippen molar-refractivity contribution in [3.05, 3.63) is 47.0 Å². The molecule has 3 rings (SSSR count). The van der Waals surface area contributed by atoms with Crippen LogP contribution < -0.4 is 10.6 Å². The van der Waals surface area contributed by atoms with Crippen LogP contribution in [0.1, 0.15) is 5.01 Å². The standard InChI is InChI=1S/C15H15N5OS/c1-10-17-14(9-22-10)11-3-5-12(6-4-11)18-15(21)19-13-7-16-20(2)8-13/h3-9H,1-2H3,(H2,18,19,21). The van der Waals surface area contributed by atoms with Gasteiger partial charge in [-0.05, 0) is 19.1 Å². The number of nitrogens with one attached hydrogen (secondary N) is 2. The molecule has 0 saturated carbocycles. The molecule has 2 aromatic heterocycles. The van der Waals surface area contributed by atoms with Crippen LogP contribution in [0.2, 0.25) is 0 Å². The Kier molecular flexibility index (Phi) is 3.88. The molecule has 2 heterocycles. The van der Waals surface area contributed by atoms with Crippen molar-refractivity contribution in [1.82, 2.24) is 14.8 Å². The van der Waals surface area contributed by atoms with E-state index >= 15 is 0 Å². The Morgan fingerprint density at radius 3 is 2.50 bits per heavy atom. The average molecular weight is 313 g/mol. The van der Waals surface area contributed by atoms with Gasteiger partial charge in [0.15, 0.2) is 0 Å². The van der Waals surface area contributed by atoms with Gasteiger partial charge >= 0.3 is 6.03 Å². The lowest BCUT2D eigenvalue weighted by Crippen LogP contribution is -2.19. The minimum absolute atomic E-state index is 0.301. The second-order valence-electron chi connectivity index (χ2n) is 4.81. The number of rotatable bonds is 3. The molecule has 0 aliphatic carbocycles. The molecule has 0 radical (unpaired) electrons. The largest absolute Gasteiger partial charge is 0.323 e. The molecule has 0 saturated heterocycles. The Morgan fingerprint density at radius 2 is 1.91 bits per heavy atom. The second-order valence-corrected chi connectivity index (χ2v) is 5.87. The Bertz CT molecular complexity index is 790. The number of aromatic nitrogens is 3. The lowest BCUT2D eigenvalue weighted by molar-refractivity contribution is 0.262. The lowest BCUT2D eigenvalue weighted by atomic mass is 10.1. The first-order valence-electron chi connectivity index (χ1n) is 6.69. The van der Waals surface area contributed by atoms with Gasteiger partial charge in [0.1, 0.15) is 0 Å². The minimum Gasteiger partial charge on any atom is -0.308 e. The molecule has 0 aliphatic heterocycles. The molecular formula is C15H15N5OS. The van der Waals surface area contributed by atoms with Gasteiger partial charge in [0.05, 0.1) is 22.6 Å². The van der Waals surface area contributed by atoms with Crippen molar-refractivity contribution in [2.24, 2.45) is 7.05 Å². The molecule has 0 bridgehead atoms. The number of benzene rings is 1. The van der Waals surface area contributed by atoms with Gasteiger partial charge in [-0.3, -0.25) is 4.68 Å². The van der Waals surface area contributed by atoms with Crippen LogP contribution in [0, 0.1) is 6.92 Å². The maximum Gasteiger partial charge on any atom is 0.323 e. The van der Waals surface area contributed by atoms with Crippen molar-refractivity contribution in [2.45, 2.75) is 6.92 Å². The van der Waals surface area contributed by atoms with Crippen molar-refractivity contribution >= 4 is 28.7 Å². The van der Waals surface area contributed by atoms with E-state index in [4.69, 9.17) is 0 Å². The van der Waals surface area contributed by atoms with Crippen molar-refractivity contribution in [3.63, 3.8) is 0 Å². The fraction of sp³-hybridized carbons (Fsp3) is 0.133. The summed E-state index contributed by atoms with van der Waals surface area (Å²) in [6, 6.07) is 7.28. The summed E-state index contributed by atoms with van der Waals surface area (Å²) in [4.78, 5) is 16.3. The molecule has 1 aromatic carbocycles. The van der Waals surface area contributed by atoms with E-state index < -0.39 is 0 Å². The van der Waals surface area contributed by atoms with E-state index in [0.29, 0.717) is 5.69 Å². The van der Waals surface area contributed by atoms with E-state index in [9.17, 15) is 4.79 Å². The Labute approximate surface area is 131 Å². The van der Waals surface area contributed by atoms with Crippen molar-refractivity contribution < 1.29 is 4.79 Å². The van der Waals surface area contributed by atoms with Crippen LogP contribution in [0.5, 0.6) is 0 Å². The molecule has 0 unspecified atom stereocenters. The topological polar surface area (TPSA) is 71.8 Å². The van der Waals surface area contributed by atoms with E-state index in [2.05, 4.69) is 20.7 Å². The van der Waals surface area contributed by atoms with Crippen molar-refractivity contribution in [1.29, 1.82) is 0 Å². The molecule has 2 amide bonds. The van der Waals surface area contributed by atoms with Crippen molar-refractivity contribution in [2.75, 3.05) is 10.6 Å². The van der Waals surface area contributed by atoms with Crippen LogP contribution in [-0.2, 0) is 7.05 Å². The maximum absolute atomic E-state index is 11.9. The second kappa shape index (κ2) is 5.98. The SMILES string of the molecule is Cc1nc(-c2ccc(NC(=O)Nc3cnn(C)c3)cc2)cs1. The fourth-order valence-electron chi connectivity index (χ4n) is 2.00. The average Bonchev–Trinajstić information content (AvgIpc) is 3.08. The summed E-state index contributed by atoms with van der Waals surface area (Å²) in [5, 5.41) is 12.5. The molecule has 6 nitrogen and oxygen atoms in total. The highest BCUT2D eigenvalue weighted by atomic mass is 32.1. The highest BCUT2D eigenvalue weighted by Crippen LogP contribution is 2.23. The first kappa shape index (κ1) is 14.3. The van der Waals surface area contributed by atoms with Gasteiger partial charge in [-0.15, -0.1) is 11.3 Å². The molecule has 7 heteroatoms. The highest BCUT2D eigenvalue weighted by molar-refractivity contribution is 7.09. The Morgan fingerprint density at radius 1 is 1.18 bits per heavy atom. The van der Waals surface area contributed by atoms with Gasteiger partial charge in [-0.25, -0.2) is 9.78 Å². The first-order chi connectivity index (χ1) is 10.6. The van der Waals surface area contributed by atoms with E-state index in [1.807, 2.05) is 36.6 Å².